The van der Waals surface area contributed by atoms with Gasteiger partial charge in [0.2, 0.25) is 0 Å². The lowest BCUT2D eigenvalue weighted by Crippen LogP contribution is -2.32. The molecule has 21 heavy (non-hydrogen) atoms. The van der Waals surface area contributed by atoms with Crippen LogP contribution < -0.4 is 5.32 Å². The minimum absolute atomic E-state index is 0.258. The highest BCUT2D eigenvalue weighted by Crippen LogP contribution is 2.17. The molecule has 1 aromatic rings. The van der Waals surface area contributed by atoms with E-state index in [0.717, 1.165) is 6.54 Å². The van der Waals surface area contributed by atoms with Crippen LogP contribution in [-0.4, -0.2) is 29.1 Å². The molecule has 0 aromatic heterocycles. The first-order valence-electron chi connectivity index (χ1n) is 7.57. The standard InChI is InChI=1S/C17H25NO2S/c1-17(2,3)20-16(19)14-6-4-13(5-7-14)12-18-15-8-10-21-11-9-15/h4-7,15,18H,8-12H2,1-3H3. The Morgan fingerprint density at radius 1 is 1.24 bits per heavy atom. The van der Waals surface area contributed by atoms with E-state index >= 15 is 0 Å². The van der Waals surface area contributed by atoms with E-state index in [1.54, 1.807) is 0 Å². The molecule has 0 amide bonds. The zero-order chi connectivity index (χ0) is 15.3. The first kappa shape index (κ1) is 16.4. The van der Waals surface area contributed by atoms with Crippen molar-refractivity contribution in [1.82, 2.24) is 5.32 Å². The molecule has 0 unspecified atom stereocenters. The summed E-state index contributed by atoms with van der Waals surface area (Å²) in [5, 5.41) is 3.60. The normalized spacial score (nSPS) is 16.7. The van der Waals surface area contributed by atoms with Crippen LogP contribution in [-0.2, 0) is 11.3 Å². The van der Waals surface area contributed by atoms with Gasteiger partial charge >= 0.3 is 5.97 Å². The van der Waals surface area contributed by atoms with E-state index in [-0.39, 0.29) is 5.97 Å². The van der Waals surface area contributed by atoms with Crippen LogP contribution in [0.5, 0.6) is 0 Å². The van der Waals surface area contributed by atoms with E-state index in [1.165, 1.54) is 29.9 Å². The topological polar surface area (TPSA) is 38.3 Å². The Bertz CT molecular complexity index is 459. The van der Waals surface area contributed by atoms with Crippen LogP contribution in [0, 0.1) is 0 Å². The van der Waals surface area contributed by atoms with E-state index in [0.29, 0.717) is 11.6 Å². The van der Waals surface area contributed by atoms with Gasteiger partial charge in [0.1, 0.15) is 5.60 Å². The van der Waals surface area contributed by atoms with Crippen molar-refractivity contribution >= 4 is 17.7 Å². The Kier molecular flexibility index (Phi) is 5.71. The number of esters is 1. The summed E-state index contributed by atoms with van der Waals surface area (Å²) in [6.07, 6.45) is 2.50. The second-order valence-corrected chi connectivity index (χ2v) is 7.69. The maximum absolute atomic E-state index is 11.9. The summed E-state index contributed by atoms with van der Waals surface area (Å²) in [5.74, 6) is 2.26. The molecule has 1 aliphatic heterocycles. The van der Waals surface area contributed by atoms with Crippen LogP contribution in [0.25, 0.3) is 0 Å². The van der Waals surface area contributed by atoms with Crippen LogP contribution in [0.1, 0.15) is 49.5 Å². The number of benzene rings is 1. The van der Waals surface area contributed by atoms with Crippen molar-refractivity contribution in [2.24, 2.45) is 0 Å². The number of hydrogen-bond donors (Lipinski definition) is 1. The van der Waals surface area contributed by atoms with Gasteiger partial charge in [-0.25, -0.2) is 4.79 Å². The summed E-state index contributed by atoms with van der Waals surface area (Å²) >= 11 is 2.04. The molecular weight excluding hydrogens is 282 g/mol. The van der Waals surface area contributed by atoms with Crippen LogP contribution in [0.2, 0.25) is 0 Å². The number of nitrogens with one attached hydrogen (secondary N) is 1. The van der Waals surface area contributed by atoms with Crippen LogP contribution in [0.15, 0.2) is 24.3 Å². The highest BCUT2D eigenvalue weighted by Gasteiger charge is 2.17. The fourth-order valence-corrected chi connectivity index (χ4v) is 3.37. The Morgan fingerprint density at radius 3 is 2.43 bits per heavy atom. The van der Waals surface area contributed by atoms with Gasteiger partial charge in [-0.05, 0) is 62.8 Å². The number of ether oxygens (including phenoxy) is 1. The quantitative estimate of drug-likeness (QED) is 0.862. The molecule has 3 nitrogen and oxygen atoms in total. The molecule has 2 rings (SSSR count). The van der Waals surface area contributed by atoms with Gasteiger partial charge in [-0.1, -0.05) is 12.1 Å². The van der Waals surface area contributed by atoms with Crippen molar-refractivity contribution in [1.29, 1.82) is 0 Å². The SMILES string of the molecule is CC(C)(C)OC(=O)c1ccc(CNC2CCSCC2)cc1. The summed E-state index contributed by atoms with van der Waals surface area (Å²) in [7, 11) is 0. The first-order valence-corrected chi connectivity index (χ1v) is 8.73. The van der Waals surface area contributed by atoms with Crippen molar-refractivity contribution in [3.63, 3.8) is 0 Å². The molecule has 0 aliphatic carbocycles. The molecular formula is C17H25NO2S. The van der Waals surface area contributed by atoms with Gasteiger partial charge in [0.15, 0.2) is 0 Å². The smallest absolute Gasteiger partial charge is 0.338 e. The molecule has 116 valence electrons. The predicted molar refractivity (Wildman–Crippen MR) is 88.8 cm³/mol. The summed E-state index contributed by atoms with van der Waals surface area (Å²) in [5.41, 5.74) is 1.37. The number of thioether (sulfide) groups is 1. The molecule has 1 aliphatic rings. The lowest BCUT2D eigenvalue weighted by Gasteiger charge is -2.22. The van der Waals surface area contributed by atoms with Gasteiger partial charge in [0, 0.05) is 12.6 Å². The number of hydrogen-bond acceptors (Lipinski definition) is 4. The largest absolute Gasteiger partial charge is 0.456 e. The predicted octanol–water partition coefficient (Wildman–Crippen LogP) is 3.63. The molecule has 4 heteroatoms. The monoisotopic (exact) mass is 307 g/mol. The molecule has 0 radical (unpaired) electrons. The van der Waals surface area contributed by atoms with Gasteiger partial charge < -0.3 is 10.1 Å². The van der Waals surface area contributed by atoms with E-state index < -0.39 is 5.60 Å². The van der Waals surface area contributed by atoms with E-state index in [4.69, 9.17) is 4.74 Å². The van der Waals surface area contributed by atoms with Crippen molar-refractivity contribution in [3.8, 4) is 0 Å². The highest BCUT2D eigenvalue weighted by molar-refractivity contribution is 7.99. The summed E-state index contributed by atoms with van der Waals surface area (Å²) in [4.78, 5) is 11.9. The van der Waals surface area contributed by atoms with Crippen LogP contribution in [0.3, 0.4) is 0 Å². The third-order valence-corrected chi connectivity index (χ3v) is 4.45. The van der Waals surface area contributed by atoms with Crippen LogP contribution >= 0.6 is 11.8 Å². The van der Waals surface area contributed by atoms with Crippen molar-refractivity contribution in [3.05, 3.63) is 35.4 Å². The lowest BCUT2D eigenvalue weighted by atomic mass is 10.1. The van der Waals surface area contributed by atoms with E-state index in [1.807, 2.05) is 56.8 Å². The molecule has 0 bridgehead atoms. The maximum atomic E-state index is 11.9. The minimum atomic E-state index is -0.448. The maximum Gasteiger partial charge on any atom is 0.338 e. The molecule has 1 heterocycles. The number of rotatable bonds is 4. The Hall–Kier alpha value is -1.00. The van der Waals surface area contributed by atoms with E-state index in [2.05, 4.69) is 5.32 Å². The number of carbonyl (C=O) groups is 1. The fourth-order valence-electron chi connectivity index (χ4n) is 2.26. The molecule has 0 atom stereocenters. The lowest BCUT2D eigenvalue weighted by molar-refractivity contribution is 0.00695. The van der Waals surface area contributed by atoms with E-state index in [9.17, 15) is 4.79 Å². The molecule has 1 N–H and O–H groups in total. The summed E-state index contributed by atoms with van der Waals surface area (Å²) in [6, 6.07) is 8.34. The molecule has 1 fully saturated rings. The Balaban J connectivity index is 1.85. The van der Waals surface area contributed by atoms with Gasteiger partial charge in [-0.3, -0.25) is 0 Å². The third-order valence-electron chi connectivity index (χ3n) is 3.40. The average Bonchev–Trinajstić information content (AvgIpc) is 2.45. The molecule has 0 spiro atoms. The van der Waals surface area contributed by atoms with Crippen LogP contribution in [0.4, 0.5) is 0 Å². The van der Waals surface area contributed by atoms with Crippen molar-refractivity contribution in [2.45, 2.75) is 51.8 Å². The number of carbonyl (C=O) groups excluding carboxylic acids is 1. The zero-order valence-electron chi connectivity index (χ0n) is 13.1. The molecule has 1 saturated heterocycles. The second kappa shape index (κ2) is 7.32. The minimum Gasteiger partial charge on any atom is -0.456 e. The van der Waals surface area contributed by atoms with Gasteiger partial charge in [0.25, 0.3) is 0 Å². The van der Waals surface area contributed by atoms with Crippen molar-refractivity contribution in [2.75, 3.05) is 11.5 Å². The summed E-state index contributed by atoms with van der Waals surface area (Å²) < 4.78 is 5.36. The summed E-state index contributed by atoms with van der Waals surface area (Å²) in [6.45, 7) is 6.51. The van der Waals surface area contributed by atoms with Gasteiger partial charge in [-0.2, -0.15) is 11.8 Å². The highest BCUT2D eigenvalue weighted by atomic mass is 32.2. The second-order valence-electron chi connectivity index (χ2n) is 6.47. The molecule has 1 aromatic carbocycles. The first-order chi connectivity index (χ1) is 9.94. The average molecular weight is 307 g/mol. The van der Waals surface area contributed by atoms with Gasteiger partial charge in [-0.15, -0.1) is 0 Å². The zero-order valence-corrected chi connectivity index (χ0v) is 14.0. The van der Waals surface area contributed by atoms with Crippen molar-refractivity contribution < 1.29 is 9.53 Å². The fraction of sp³-hybridized carbons (Fsp3) is 0.588. The molecule has 0 saturated carbocycles. The third kappa shape index (κ3) is 5.71. The van der Waals surface area contributed by atoms with Gasteiger partial charge in [0.05, 0.1) is 5.56 Å². The Morgan fingerprint density at radius 2 is 1.86 bits per heavy atom. The Labute approximate surface area is 131 Å².